The number of carbonyl (C=O) groups is 2. The first kappa shape index (κ1) is 20.5. The van der Waals surface area contributed by atoms with Crippen LogP contribution in [0.5, 0.6) is 0 Å². The van der Waals surface area contributed by atoms with Gasteiger partial charge in [0.2, 0.25) is 5.91 Å². The highest BCUT2D eigenvalue weighted by Gasteiger charge is 2.26. The average molecular weight is 397 g/mol. The molecule has 8 nitrogen and oxygen atoms in total. The summed E-state index contributed by atoms with van der Waals surface area (Å²) >= 11 is 0. The third-order valence-corrected chi connectivity index (χ3v) is 4.52. The third kappa shape index (κ3) is 5.41. The molecule has 1 heterocycles. The van der Waals surface area contributed by atoms with Crippen molar-refractivity contribution in [2.24, 2.45) is 0 Å². The minimum Gasteiger partial charge on any atom is -0.480 e. The zero-order valence-electron chi connectivity index (χ0n) is 15.7. The number of aromatic amines is 1. The second kappa shape index (κ2) is 9.83. The number of H-pyrrole nitrogens is 1. The summed E-state index contributed by atoms with van der Waals surface area (Å²) in [6.07, 6.45) is 2.08. The lowest BCUT2D eigenvalue weighted by atomic mass is 10.0. The molecule has 5 N–H and O–H groups in total. The van der Waals surface area contributed by atoms with Crippen LogP contribution in [0.25, 0.3) is 10.9 Å². The number of rotatable bonds is 10. The van der Waals surface area contributed by atoms with Gasteiger partial charge in [-0.05, 0) is 17.2 Å². The number of benzene rings is 2. The average Bonchev–Trinajstić information content (AvgIpc) is 3.14. The predicted molar refractivity (Wildman–Crippen MR) is 107 cm³/mol. The Morgan fingerprint density at radius 2 is 1.76 bits per heavy atom. The fraction of sp³-hybridized carbons (Fsp3) is 0.238. The van der Waals surface area contributed by atoms with E-state index in [1.807, 2.05) is 60.8 Å². The second-order valence-corrected chi connectivity index (χ2v) is 6.59. The largest absolute Gasteiger partial charge is 0.480 e. The van der Waals surface area contributed by atoms with Crippen LogP contribution >= 0.6 is 0 Å². The van der Waals surface area contributed by atoms with E-state index in [-0.39, 0.29) is 13.0 Å². The van der Waals surface area contributed by atoms with E-state index < -0.39 is 30.6 Å². The van der Waals surface area contributed by atoms with E-state index >= 15 is 0 Å². The molecule has 2 unspecified atom stereocenters. The Bertz CT molecular complexity index is 957. The Kier molecular flexibility index (Phi) is 6.96. The van der Waals surface area contributed by atoms with E-state index in [1.54, 1.807) is 0 Å². The molecule has 0 fully saturated rings. The number of aliphatic hydroxyl groups excluding tert-OH is 1. The maximum atomic E-state index is 12.7. The molecule has 0 spiro atoms. The molecule has 152 valence electrons. The van der Waals surface area contributed by atoms with E-state index in [0.29, 0.717) is 0 Å². The zero-order chi connectivity index (χ0) is 20.6. The number of hydrogen-bond donors (Lipinski definition) is 5. The summed E-state index contributed by atoms with van der Waals surface area (Å²) in [5.74, 6) is -1.89. The molecule has 3 aromatic rings. The minimum atomic E-state index is -1.39. The van der Waals surface area contributed by atoms with Gasteiger partial charge in [0.25, 0.3) is 0 Å². The molecule has 1 aromatic heterocycles. The molecule has 0 saturated carbocycles. The quantitative estimate of drug-likeness (QED) is 0.329. The molecule has 2 aromatic carbocycles. The van der Waals surface area contributed by atoms with Crippen LogP contribution in [0.3, 0.4) is 0 Å². The minimum absolute atomic E-state index is 0.237. The normalized spacial score (nSPS) is 13.1. The van der Waals surface area contributed by atoms with E-state index in [4.69, 9.17) is 9.94 Å². The number of hydroxylamine groups is 1. The van der Waals surface area contributed by atoms with Gasteiger partial charge < -0.3 is 20.5 Å². The van der Waals surface area contributed by atoms with E-state index in [1.165, 1.54) is 0 Å². The van der Waals surface area contributed by atoms with Crippen molar-refractivity contribution in [1.82, 2.24) is 15.8 Å². The SMILES string of the molecule is O=C(O)C(CO)NC(=O)C(Cc1c[nH]c2ccccc12)NOCc1ccccc1. The number of aliphatic hydroxyl groups is 1. The van der Waals surface area contributed by atoms with Crippen molar-refractivity contribution in [3.63, 3.8) is 0 Å². The molecule has 0 bridgehead atoms. The Morgan fingerprint density at radius 3 is 2.48 bits per heavy atom. The zero-order valence-corrected chi connectivity index (χ0v) is 15.7. The van der Waals surface area contributed by atoms with E-state index in [0.717, 1.165) is 22.0 Å². The van der Waals surface area contributed by atoms with Crippen molar-refractivity contribution in [2.75, 3.05) is 6.61 Å². The van der Waals surface area contributed by atoms with E-state index in [9.17, 15) is 14.7 Å². The molecular formula is C21H23N3O5. The highest BCUT2D eigenvalue weighted by atomic mass is 16.6. The number of aliphatic carboxylic acids is 1. The molecule has 2 atom stereocenters. The van der Waals surface area contributed by atoms with Gasteiger partial charge in [-0.1, -0.05) is 48.5 Å². The number of carbonyl (C=O) groups excluding carboxylic acids is 1. The molecule has 0 radical (unpaired) electrons. The fourth-order valence-corrected chi connectivity index (χ4v) is 2.97. The Morgan fingerprint density at radius 1 is 1.03 bits per heavy atom. The first-order chi connectivity index (χ1) is 14.1. The molecule has 0 aliphatic heterocycles. The number of carboxylic acid groups (broad SMARTS) is 1. The molecule has 8 heteroatoms. The molecule has 29 heavy (non-hydrogen) atoms. The Labute approximate surface area is 167 Å². The summed E-state index contributed by atoms with van der Waals surface area (Å²) in [6.45, 7) is -0.466. The number of fused-ring (bicyclic) bond motifs is 1. The highest BCUT2D eigenvalue weighted by molar-refractivity contribution is 5.88. The number of carboxylic acids is 1. The smallest absolute Gasteiger partial charge is 0.328 e. The number of hydrogen-bond acceptors (Lipinski definition) is 5. The van der Waals surface area contributed by atoms with Crippen molar-refractivity contribution < 1.29 is 24.6 Å². The van der Waals surface area contributed by atoms with Crippen molar-refractivity contribution in [3.8, 4) is 0 Å². The van der Waals surface area contributed by atoms with Gasteiger partial charge in [0.05, 0.1) is 13.2 Å². The summed E-state index contributed by atoms with van der Waals surface area (Å²) < 4.78 is 0. The van der Waals surface area contributed by atoms with Gasteiger partial charge >= 0.3 is 5.97 Å². The summed E-state index contributed by atoms with van der Waals surface area (Å²) in [6, 6.07) is 14.9. The second-order valence-electron chi connectivity index (χ2n) is 6.59. The van der Waals surface area contributed by atoms with Crippen molar-refractivity contribution in [1.29, 1.82) is 0 Å². The van der Waals surface area contributed by atoms with Gasteiger partial charge in [-0.15, -0.1) is 0 Å². The lowest BCUT2D eigenvalue weighted by Gasteiger charge is -2.20. The third-order valence-electron chi connectivity index (χ3n) is 4.52. The molecule has 0 saturated heterocycles. The summed E-state index contributed by atoms with van der Waals surface area (Å²) in [5, 5.41) is 21.6. The van der Waals surface area contributed by atoms with Crippen LogP contribution in [0.4, 0.5) is 0 Å². The lowest BCUT2D eigenvalue weighted by molar-refractivity contribution is -0.144. The fourth-order valence-electron chi connectivity index (χ4n) is 2.97. The predicted octanol–water partition coefficient (Wildman–Crippen LogP) is 1.36. The summed E-state index contributed by atoms with van der Waals surface area (Å²) in [4.78, 5) is 32.5. The van der Waals surface area contributed by atoms with Crippen molar-refractivity contribution in [2.45, 2.75) is 25.1 Å². The molecule has 0 aliphatic rings. The van der Waals surface area contributed by atoms with Crippen LogP contribution in [-0.2, 0) is 27.5 Å². The van der Waals surface area contributed by atoms with Gasteiger partial charge in [-0.2, -0.15) is 5.48 Å². The van der Waals surface area contributed by atoms with Crippen LogP contribution < -0.4 is 10.8 Å². The molecular weight excluding hydrogens is 374 g/mol. The lowest BCUT2D eigenvalue weighted by Crippen LogP contribution is -2.52. The topological polar surface area (TPSA) is 124 Å². The highest BCUT2D eigenvalue weighted by Crippen LogP contribution is 2.19. The maximum Gasteiger partial charge on any atom is 0.328 e. The molecule has 1 amide bonds. The van der Waals surface area contributed by atoms with Crippen LogP contribution in [0, 0.1) is 0 Å². The van der Waals surface area contributed by atoms with Crippen molar-refractivity contribution >= 4 is 22.8 Å². The van der Waals surface area contributed by atoms with E-state index in [2.05, 4.69) is 15.8 Å². The number of amides is 1. The standard InChI is InChI=1S/C21H23N3O5/c25-12-19(21(27)28)23-20(26)18(24-29-13-14-6-2-1-3-7-14)10-15-11-22-17-9-5-4-8-16(15)17/h1-9,11,18-19,22,24-25H,10,12-13H2,(H,23,26)(H,27,28). The van der Waals surface area contributed by atoms with Crippen LogP contribution in [-0.4, -0.2) is 45.8 Å². The number of aromatic nitrogens is 1. The van der Waals surface area contributed by atoms with Gasteiger partial charge in [0, 0.05) is 23.5 Å². The van der Waals surface area contributed by atoms with Crippen LogP contribution in [0.15, 0.2) is 60.8 Å². The molecule has 0 aliphatic carbocycles. The Balaban J connectivity index is 1.72. The van der Waals surface area contributed by atoms with Crippen LogP contribution in [0.1, 0.15) is 11.1 Å². The van der Waals surface area contributed by atoms with Gasteiger partial charge in [-0.3, -0.25) is 9.63 Å². The monoisotopic (exact) mass is 397 g/mol. The first-order valence-corrected chi connectivity index (χ1v) is 9.18. The van der Waals surface area contributed by atoms with Crippen molar-refractivity contribution in [3.05, 3.63) is 71.9 Å². The number of nitrogens with one attached hydrogen (secondary N) is 3. The summed E-state index contributed by atoms with van der Waals surface area (Å²) in [7, 11) is 0. The summed E-state index contributed by atoms with van der Waals surface area (Å²) in [5.41, 5.74) is 5.48. The van der Waals surface area contributed by atoms with Gasteiger partial charge in [0.15, 0.2) is 0 Å². The van der Waals surface area contributed by atoms with Crippen LogP contribution in [0.2, 0.25) is 0 Å². The Hall–Kier alpha value is -3.20. The number of para-hydroxylation sites is 1. The maximum absolute atomic E-state index is 12.7. The molecule has 3 rings (SSSR count). The first-order valence-electron chi connectivity index (χ1n) is 9.18. The van der Waals surface area contributed by atoms with Gasteiger partial charge in [0.1, 0.15) is 12.1 Å². The van der Waals surface area contributed by atoms with Gasteiger partial charge in [-0.25, -0.2) is 4.79 Å².